The Morgan fingerprint density at radius 3 is 2.36 bits per heavy atom. The van der Waals surface area contributed by atoms with E-state index in [4.69, 9.17) is 0 Å². The number of nitrogens with one attached hydrogen (secondary N) is 2. The molecule has 7 heteroatoms. The highest BCUT2D eigenvalue weighted by atomic mass is 79.9. The van der Waals surface area contributed by atoms with Crippen molar-refractivity contribution in [2.45, 2.75) is 26.2 Å². The molecule has 1 aromatic carbocycles. The number of nitrogens with zero attached hydrogens (tertiary/aromatic N) is 1. The summed E-state index contributed by atoms with van der Waals surface area (Å²) in [7, 11) is 0. The largest absolute Gasteiger partial charge is 0.281 e. The minimum Gasteiger partial charge on any atom is -0.267 e. The molecule has 2 aromatic rings. The summed E-state index contributed by atoms with van der Waals surface area (Å²) in [4.78, 5) is 28.7. The van der Waals surface area contributed by atoms with E-state index in [1.807, 2.05) is 26.8 Å². The quantitative estimate of drug-likeness (QED) is 0.784. The van der Waals surface area contributed by atoms with E-state index in [2.05, 4.69) is 31.8 Å². The molecule has 0 saturated heterocycles. The third-order valence-corrected chi connectivity index (χ3v) is 4.89. The number of rotatable bonds is 2. The lowest BCUT2D eigenvalue weighted by Crippen LogP contribution is -2.41. The van der Waals surface area contributed by atoms with Crippen molar-refractivity contribution >= 4 is 39.1 Å². The first-order valence-corrected chi connectivity index (χ1v) is 8.21. The van der Waals surface area contributed by atoms with Crippen LogP contribution >= 0.6 is 27.3 Å². The first kappa shape index (κ1) is 16.6. The van der Waals surface area contributed by atoms with Crippen molar-refractivity contribution < 1.29 is 9.59 Å². The molecule has 0 bridgehead atoms. The molecule has 22 heavy (non-hydrogen) atoms. The Labute approximate surface area is 141 Å². The number of carbonyl (C=O) groups excluding carboxylic acids is 2. The van der Waals surface area contributed by atoms with Crippen LogP contribution in [0.1, 0.15) is 45.8 Å². The smallest absolute Gasteiger partial charge is 0.267 e. The van der Waals surface area contributed by atoms with Crippen LogP contribution in [0.4, 0.5) is 0 Å². The van der Waals surface area contributed by atoms with Crippen LogP contribution < -0.4 is 10.9 Å². The van der Waals surface area contributed by atoms with Gasteiger partial charge < -0.3 is 0 Å². The number of halogens is 1. The Kier molecular flexibility index (Phi) is 4.97. The normalized spacial score (nSPS) is 11.1. The summed E-state index contributed by atoms with van der Waals surface area (Å²) in [6.07, 6.45) is 1.52. The van der Waals surface area contributed by atoms with Crippen molar-refractivity contribution in [2.24, 2.45) is 0 Å². The summed E-state index contributed by atoms with van der Waals surface area (Å²) in [6, 6.07) is 6.98. The van der Waals surface area contributed by atoms with Gasteiger partial charge in [-0.05, 0) is 28.1 Å². The number of amides is 2. The van der Waals surface area contributed by atoms with Gasteiger partial charge in [0.15, 0.2) is 0 Å². The number of aromatic nitrogens is 1. The zero-order valence-electron chi connectivity index (χ0n) is 12.4. The second-order valence-electron chi connectivity index (χ2n) is 5.67. The monoisotopic (exact) mass is 381 g/mol. The molecular weight excluding hydrogens is 366 g/mol. The zero-order valence-corrected chi connectivity index (χ0v) is 14.8. The summed E-state index contributed by atoms with van der Waals surface area (Å²) in [5.74, 6) is -0.769. The van der Waals surface area contributed by atoms with Gasteiger partial charge >= 0.3 is 0 Å². The summed E-state index contributed by atoms with van der Waals surface area (Å²) in [6.45, 7) is 6.09. The lowest BCUT2D eigenvalue weighted by Gasteiger charge is -2.13. The number of thiazole rings is 1. The summed E-state index contributed by atoms with van der Waals surface area (Å²) < 4.78 is 0.662. The Hall–Kier alpha value is -1.73. The van der Waals surface area contributed by atoms with Crippen molar-refractivity contribution in [3.8, 4) is 0 Å². The Morgan fingerprint density at radius 2 is 1.77 bits per heavy atom. The molecule has 0 aliphatic rings. The molecule has 1 aromatic heterocycles. The SMILES string of the molecule is CC(C)(C)c1ncc(C(=O)NNC(=O)c2ccccc2Br)s1. The van der Waals surface area contributed by atoms with Crippen LogP contribution in [-0.2, 0) is 5.41 Å². The summed E-state index contributed by atoms with van der Waals surface area (Å²) >= 11 is 4.61. The van der Waals surface area contributed by atoms with Gasteiger partial charge in [-0.15, -0.1) is 11.3 Å². The average molecular weight is 382 g/mol. The van der Waals surface area contributed by atoms with Crippen molar-refractivity contribution in [2.75, 3.05) is 0 Å². The molecule has 0 atom stereocenters. The number of hydrazine groups is 1. The van der Waals surface area contributed by atoms with Crippen LogP contribution in [0, 0.1) is 0 Å². The lowest BCUT2D eigenvalue weighted by molar-refractivity contribution is 0.0848. The molecule has 0 radical (unpaired) electrons. The standard InChI is InChI=1S/C15H16BrN3O2S/c1-15(2,3)14-17-8-11(22-14)13(21)19-18-12(20)9-6-4-5-7-10(9)16/h4-8H,1-3H3,(H,18,20)(H,19,21). The third kappa shape index (κ3) is 3.92. The molecule has 0 saturated carbocycles. The highest BCUT2D eigenvalue weighted by Gasteiger charge is 2.20. The number of hydrogen-bond acceptors (Lipinski definition) is 4. The van der Waals surface area contributed by atoms with Gasteiger partial charge in [-0.2, -0.15) is 0 Å². The number of hydrogen-bond donors (Lipinski definition) is 2. The molecule has 0 spiro atoms. The summed E-state index contributed by atoms with van der Waals surface area (Å²) in [5, 5.41) is 0.870. The molecule has 116 valence electrons. The maximum absolute atomic E-state index is 12.0. The minimum atomic E-state index is -0.388. The van der Waals surface area contributed by atoms with Crippen LogP contribution in [0.15, 0.2) is 34.9 Å². The van der Waals surface area contributed by atoms with E-state index in [0.717, 1.165) is 5.01 Å². The molecular formula is C15H16BrN3O2S. The first-order chi connectivity index (χ1) is 10.3. The van der Waals surface area contributed by atoms with Gasteiger partial charge in [-0.1, -0.05) is 32.9 Å². The van der Waals surface area contributed by atoms with Crippen LogP contribution in [0.25, 0.3) is 0 Å². The van der Waals surface area contributed by atoms with Gasteiger partial charge in [0.1, 0.15) is 4.88 Å². The van der Waals surface area contributed by atoms with Crippen molar-refractivity contribution in [3.05, 3.63) is 50.4 Å². The van der Waals surface area contributed by atoms with Gasteiger partial charge in [-0.25, -0.2) is 4.98 Å². The molecule has 2 N–H and O–H groups in total. The Balaban J connectivity index is 2.00. The van der Waals surface area contributed by atoms with E-state index in [-0.39, 0.29) is 17.2 Å². The third-order valence-electron chi connectivity index (χ3n) is 2.78. The van der Waals surface area contributed by atoms with E-state index in [9.17, 15) is 9.59 Å². The number of benzene rings is 1. The van der Waals surface area contributed by atoms with Gasteiger partial charge in [-0.3, -0.25) is 20.4 Å². The molecule has 5 nitrogen and oxygen atoms in total. The van der Waals surface area contributed by atoms with E-state index >= 15 is 0 Å². The van der Waals surface area contributed by atoms with E-state index in [0.29, 0.717) is 14.9 Å². The second-order valence-corrected chi connectivity index (χ2v) is 7.55. The van der Waals surface area contributed by atoms with Crippen LogP contribution in [0.3, 0.4) is 0 Å². The molecule has 2 amide bonds. The summed E-state index contributed by atoms with van der Waals surface area (Å²) in [5.41, 5.74) is 5.13. The predicted molar refractivity (Wildman–Crippen MR) is 89.9 cm³/mol. The van der Waals surface area contributed by atoms with Crippen molar-refractivity contribution in [3.63, 3.8) is 0 Å². The first-order valence-electron chi connectivity index (χ1n) is 6.60. The lowest BCUT2D eigenvalue weighted by atomic mass is 9.98. The van der Waals surface area contributed by atoms with Gasteiger partial charge in [0, 0.05) is 9.89 Å². The fourth-order valence-electron chi connectivity index (χ4n) is 1.61. The average Bonchev–Trinajstić information content (AvgIpc) is 2.95. The predicted octanol–water partition coefficient (Wildman–Crippen LogP) is 3.28. The molecule has 2 rings (SSSR count). The maximum atomic E-state index is 12.0. The highest BCUT2D eigenvalue weighted by molar-refractivity contribution is 9.10. The topological polar surface area (TPSA) is 71.1 Å². The second kappa shape index (κ2) is 6.58. The molecule has 0 aliphatic heterocycles. The fraction of sp³-hybridized carbons (Fsp3) is 0.267. The Bertz CT molecular complexity index is 707. The fourth-order valence-corrected chi connectivity index (χ4v) is 2.95. The van der Waals surface area contributed by atoms with E-state index < -0.39 is 0 Å². The molecule has 1 heterocycles. The van der Waals surface area contributed by atoms with E-state index in [1.54, 1.807) is 18.2 Å². The van der Waals surface area contributed by atoms with Crippen LogP contribution in [0.2, 0.25) is 0 Å². The molecule has 0 aliphatic carbocycles. The number of carbonyl (C=O) groups is 2. The van der Waals surface area contributed by atoms with Gasteiger partial charge in [0.05, 0.1) is 16.8 Å². The van der Waals surface area contributed by atoms with Gasteiger partial charge in [0.2, 0.25) is 0 Å². The highest BCUT2D eigenvalue weighted by Crippen LogP contribution is 2.26. The van der Waals surface area contributed by atoms with E-state index in [1.165, 1.54) is 17.5 Å². The molecule has 0 unspecified atom stereocenters. The Morgan fingerprint density at radius 1 is 1.14 bits per heavy atom. The zero-order chi connectivity index (χ0) is 16.3. The minimum absolute atomic E-state index is 0.110. The van der Waals surface area contributed by atoms with Gasteiger partial charge in [0.25, 0.3) is 11.8 Å². The van der Waals surface area contributed by atoms with Crippen molar-refractivity contribution in [1.82, 2.24) is 15.8 Å². The van der Waals surface area contributed by atoms with Crippen LogP contribution in [-0.4, -0.2) is 16.8 Å². The maximum Gasteiger partial charge on any atom is 0.281 e. The van der Waals surface area contributed by atoms with Crippen molar-refractivity contribution in [1.29, 1.82) is 0 Å². The van der Waals surface area contributed by atoms with Crippen LogP contribution in [0.5, 0.6) is 0 Å². The molecule has 0 fully saturated rings.